The van der Waals surface area contributed by atoms with Gasteiger partial charge in [0.25, 0.3) is 11.8 Å². The SMILES string of the molecule is [N-]=[N+]=NC=CC(=O)n1c(=O)n(-c2ccc(NC(=O)c3ccccc3)cc2)c2cnccc21. The predicted molar refractivity (Wildman–Crippen MR) is 119 cm³/mol. The number of hydrogen-bond acceptors (Lipinski definition) is 5. The number of benzene rings is 2. The van der Waals surface area contributed by atoms with Gasteiger partial charge in [-0.1, -0.05) is 23.3 Å². The molecule has 2 aromatic carbocycles. The van der Waals surface area contributed by atoms with E-state index >= 15 is 0 Å². The Morgan fingerprint density at radius 2 is 1.78 bits per heavy atom. The number of hydrogen-bond donors (Lipinski definition) is 1. The van der Waals surface area contributed by atoms with Gasteiger partial charge in [0.2, 0.25) is 0 Å². The van der Waals surface area contributed by atoms with Gasteiger partial charge in [-0.05, 0) is 48.0 Å². The Bertz CT molecular complexity index is 1440. The van der Waals surface area contributed by atoms with Gasteiger partial charge in [-0.2, -0.15) is 0 Å². The topological polar surface area (TPSA) is 135 Å². The molecule has 0 saturated carbocycles. The van der Waals surface area contributed by atoms with Gasteiger partial charge in [-0.3, -0.25) is 19.1 Å². The molecule has 0 aliphatic rings. The van der Waals surface area contributed by atoms with E-state index < -0.39 is 11.6 Å². The van der Waals surface area contributed by atoms with Crippen LogP contribution in [-0.2, 0) is 0 Å². The number of imidazole rings is 1. The lowest BCUT2D eigenvalue weighted by Crippen LogP contribution is -2.27. The third kappa shape index (κ3) is 3.89. The molecule has 2 aromatic heterocycles. The lowest BCUT2D eigenvalue weighted by Gasteiger charge is -2.07. The van der Waals surface area contributed by atoms with Crippen molar-refractivity contribution in [1.82, 2.24) is 14.1 Å². The van der Waals surface area contributed by atoms with Crippen molar-refractivity contribution >= 4 is 28.5 Å². The number of fused-ring (bicyclic) bond motifs is 1. The van der Waals surface area contributed by atoms with Crippen LogP contribution in [0.1, 0.15) is 15.2 Å². The van der Waals surface area contributed by atoms with Crippen molar-refractivity contribution in [3.63, 3.8) is 0 Å². The molecule has 1 amide bonds. The molecule has 0 radical (unpaired) electrons. The molecule has 156 valence electrons. The van der Waals surface area contributed by atoms with Crippen LogP contribution in [0.2, 0.25) is 0 Å². The molecule has 32 heavy (non-hydrogen) atoms. The number of nitrogens with one attached hydrogen (secondary N) is 1. The second-order valence-electron chi connectivity index (χ2n) is 6.54. The number of carbonyl (C=O) groups excluding carboxylic acids is 2. The van der Waals surface area contributed by atoms with Crippen molar-refractivity contribution < 1.29 is 9.59 Å². The van der Waals surface area contributed by atoms with Gasteiger partial charge in [0, 0.05) is 34.6 Å². The molecule has 4 aromatic rings. The molecule has 1 N–H and O–H groups in total. The van der Waals surface area contributed by atoms with Crippen molar-refractivity contribution in [2.24, 2.45) is 5.11 Å². The van der Waals surface area contributed by atoms with Gasteiger partial charge in [0.15, 0.2) is 0 Å². The zero-order valence-corrected chi connectivity index (χ0v) is 16.5. The van der Waals surface area contributed by atoms with E-state index in [0.717, 1.165) is 16.8 Å². The summed E-state index contributed by atoms with van der Waals surface area (Å²) < 4.78 is 2.30. The largest absolute Gasteiger partial charge is 0.340 e. The quantitative estimate of drug-likeness (QED) is 0.224. The molecule has 0 atom stereocenters. The minimum Gasteiger partial charge on any atom is -0.322 e. The summed E-state index contributed by atoms with van der Waals surface area (Å²) >= 11 is 0. The standard InChI is InChI=1S/C22H15N7O3/c23-27-25-13-11-20(30)29-18-10-12-24-14-19(18)28(22(29)32)17-8-6-16(7-9-17)26-21(31)15-4-2-1-3-5-15/h1-14H,(H,26,31). The highest BCUT2D eigenvalue weighted by molar-refractivity contribution is 6.04. The molecule has 0 spiro atoms. The normalized spacial score (nSPS) is 10.8. The molecule has 0 saturated heterocycles. The fourth-order valence-electron chi connectivity index (χ4n) is 3.20. The molecule has 0 unspecified atom stereocenters. The molecular formula is C22H15N7O3. The van der Waals surface area contributed by atoms with Gasteiger partial charge in [0.05, 0.1) is 22.9 Å². The summed E-state index contributed by atoms with van der Waals surface area (Å²) in [7, 11) is 0. The lowest BCUT2D eigenvalue weighted by molar-refractivity contribution is 0.0968. The van der Waals surface area contributed by atoms with Crippen molar-refractivity contribution in [3.05, 3.63) is 112 Å². The third-order valence-corrected chi connectivity index (χ3v) is 4.62. The Hall–Kier alpha value is -4.95. The molecule has 0 bridgehead atoms. The first-order chi connectivity index (χ1) is 15.6. The van der Waals surface area contributed by atoms with Crippen molar-refractivity contribution in [2.75, 3.05) is 5.32 Å². The molecule has 2 heterocycles. The van der Waals surface area contributed by atoms with E-state index in [0.29, 0.717) is 28.0 Å². The minimum absolute atomic E-state index is 0.256. The van der Waals surface area contributed by atoms with E-state index in [2.05, 4.69) is 20.3 Å². The van der Waals surface area contributed by atoms with Gasteiger partial charge in [-0.15, -0.1) is 0 Å². The maximum atomic E-state index is 13.1. The van der Waals surface area contributed by atoms with E-state index in [1.54, 1.807) is 54.6 Å². The molecule has 0 fully saturated rings. The van der Waals surface area contributed by atoms with Gasteiger partial charge < -0.3 is 5.32 Å². The van der Waals surface area contributed by atoms with Crippen LogP contribution in [0.3, 0.4) is 0 Å². The predicted octanol–water partition coefficient (Wildman–Crippen LogP) is 3.90. The van der Waals surface area contributed by atoms with Crippen LogP contribution in [0.5, 0.6) is 0 Å². The lowest BCUT2D eigenvalue weighted by atomic mass is 10.2. The highest BCUT2D eigenvalue weighted by Gasteiger charge is 2.18. The van der Waals surface area contributed by atoms with Crippen molar-refractivity contribution in [2.45, 2.75) is 0 Å². The first-order valence-corrected chi connectivity index (χ1v) is 9.39. The zero-order chi connectivity index (χ0) is 22.5. The number of amides is 1. The van der Waals surface area contributed by atoms with Crippen LogP contribution in [0, 0.1) is 0 Å². The Morgan fingerprint density at radius 1 is 1.03 bits per heavy atom. The monoisotopic (exact) mass is 425 g/mol. The average molecular weight is 425 g/mol. The van der Waals surface area contributed by atoms with E-state index in [-0.39, 0.29) is 5.91 Å². The van der Waals surface area contributed by atoms with Crippen LogP contribution in [0.25, 0.3) is 27.2 Å². The number of anilines is 1. The zero-order valence-electron chi connectivity index (χ0n) is 16.5. The summed E-state index contributed by atoms with van der Waals surface area (Å²) in [6.07, 6.45) is 4.93. The maximum absolute atomic E-state index is 13.1. The Morgan fingerprint density at radius 3 is 2.50 bits per heavy atom. The van der Waals surface area contributed by atoms with E-state index in [1.807, 2.05) is 6.07 Å². The third-order valence-electron chi connectivity index (χ3n) is 4.62. The molecule has 10 nitrogen and oxygen atoms in total. The number of carbonyl (C=O) groups is 2. The summed E-state index contributed by atoms with van der Waals surface area (Å²) in [5, 5.41) is 5.97. The number of nitrogens with zero attached hydrogens (tertiary/aromatic N) is 6. The van der Waals surface area contributed by atoms with Crippen LogP contribution >= 0.6 is 0 Å². The van der Waals surface area contributed by atoms with Crippen LogP contribution < -0.4 is 11.0 Å². The second kappa shape index (κ2) is 8.82. The molecule has 4 rings (SSSR count). The van der Waals surface area contributed by atoms with Crippen LogP contribution in [0.15, 0.2) is 95.2 Å². The summed E-state index contributed by atoms with van der Waals surface area (Å²) in [5.74, 6) is -0.919. The first-order valence-electron chi connectivity index (χ1n) is 9.39. The summed E-state index contributed by atoms with van der Waals surface area (Å²) in [6.45, 7) is 0. The molecule has 0 aliphatic heterocycles. The average Bonchev–Trinajstić information content (AvgIpc) is 3.12. The molecule has 10 heteroatoms. The van der Waals surface area contributed by atoms with E-state index in [1.165, 1.54) is 17.0 Å². The summed E-state index contributed by atoms with van der Waals surface area (Å²) in [5.41, 5.74) is 10.1. The maximum Gasteiger partial charge on any atom is 0.340 e. The fraction of sp³-hybridized carbons (Fsp3) is 0. The highest BCUT2D eigenvalue weighted by atomic mass is 16.2. The van der Waals surface area contributed by atoms with Crippen LogP contribution in [0.4, 0.5) is 5.69 Å². The fourth-order valence-corrected chi connectivity index (χ4v) is 3.20. The summed E-state index contributed by atoms with van der Waals surface area (Å²) in [6, 6.07) is 17.0. The Kier molecular flexibility index (Phi) is 5.60. The van der Waals surface area contributed by atoms with Gasteiger partial charge in [0.1, 0.15) is 0 Å². The number of azide groups is 1. The van der Waals surface area contributed by atoms with Crippen molar-refractivity contribution in [3.8, 4) is 5.69 Å². The first kappa shape index (κ1) is 20.3. The van der Waals surface area contributed by atoms with Gasteiger partial charge >= 0.3 is 5.69 Å². The van der Waals surface area contributed by atoms with Gasteiger partial charge in [-0.25, -0.2) is 9.36 Å². The van der Waals surface area contributed by atoms with Crippen molar-refractivity contribution in [1.29, 1.82) is 0 Å². The molecular weight excluding hydrogens is 410 g/mol. The molecule has 0 aliphatic carbocycles. The Labute approximate surface area is 180 Å². The Balaban J connectivity index is 1.70. The van der Waals surface area contributed by atoms with E-state index in [9.17, 15) is 14.4 Å². The number of allylic oxidation sites excluding steroid dienone is 1. The number of pyridine rings is 1. The summed E-state index contributed by atoms with van der Waals surface area (Å²) in [4.78, 5) is 44.5. The number of rotatable bonds is 5. The highest BCUT2D eigenvalue weighted by Crippen LogP contribution is 2.19. The number of aromatic nitrogens is 3. The minimum atomic E-state index is -0.663. The second-order valence-corrected chi connectivity index (χ2v) is 6.54. The van der Waals surface area contributed by atoms with Crippen LogP contribution in [-0.4, -0.2) is 25.9 Å². The van der Waals surface area contributed by atoms with E-state index in [4.69, 9.17) is 5.53 Å². The smallest absolute Gasteiger partial charge is 0.322 e.